The number of hydrogen-bond acceptors (Lipinski definition) is 7. The predicted molar refractivity (Wildman–Crippen MR) is 128 cm³/mol. The van der Waals surface area contributed by atoms with E-state index in [4.69, 9.17) is 18.6 Å². The van der Waals surface area contributed by atoms with Crippen LogP contribution in [0.5, 0.6) is 17.2 Å². The molecule has 1 aromatic heterocycles. The van der Waals surface area contributed by atoms with Crippen molar-refractivity contribution in [3.63, 3.8) is 0 Å². The third-order valence-corrected chi connectivity index (χ3v) is 4.70. The number of amides is 3. The average molecular weight is 482 g/mol. The van der Waals surface area contributed by atoms with Gasteiger partial charge in [-0.2, -0.15) is 0 Å². The van der Waals surface area contributed by atoms with E-state index in [1.54, 1.807) is 48.5 Å². The Balaban J connectivity index is 1.47. The normalized spacial score (nSPS) is 10.2. The van der Waals surface area contributed by atoms with Crippen molar-refractivity contribution in [3.8, 4) is 17.2 Å². The molecule has 0 aliphatic carbocycles. The van der Waals surface area contributed by atoms with E-state index < -0.39 is 17.7 Å². The molecular weight excluding hydrogens is 454 g/mol. The van der Waals surface area contributed by atoms with Gasteiger partial charge in [-0.25, -0.2) is 0 Å². The van der Waals surface area contributed by atoms with Crippen molar-refractivity contribution in [2.24, 2.45) is 0 Å². The van der Waals surface area contributed by atoms with Gasteiger partial charge in [0.25, 0.3) is 17.7 Å². The summed E-state index contributed by atoms with van der Waals surface area (Å²) in [5.41, 5.74) is 5.37. The summed E-state index contributed by atoms with van der Waals surface area (Å²) in [6.45, 7) is 2.25. The van der Waals surface area contributed by atoms with Crippen LogP contribution in [-0.4, -0.2) is 38.0 Å². The first-order chi connectivity index (χ1) is 17.0. The molecule has 3 amide bonds. The number of carbonyl (C=O) groups excluding carboxylic acids is 3. The number of hydrazine groups is 1. The fourth-order valence-electron chi connectivity index (χ4n) is 2.90. The second kappa shape index (κ2) is 12.7. The molecule has 0 saturated heterocycles. The van der Waals surface area contributed by atoms with Crippen LogP contribution in [0.1, 0.15) is 40.7 Å². The van der Waals surface area contributed by atoms with E-state index in [9.17, 15) is 14.4 Å². The number of hydrogen-bond donors (Lipinski definition) is 3. The standard InChI is InChI=1S/C25H27N3O7/c1-3-4-12-33-20-11-10-17(14-22(20)32-2)24(30)28-27-23(29)16-35-19-8-5-7-18(15-19)26-25(31)21-9-6-13-34-21/h5-11,13-15H,3-4,12,16H2,1-2H3,(H,26,31)(H,27,29)(H,28,30). The summed E-state index contributed by atoms with van der Waals surface area (Å²) in [4.78, 5) is 36.6. The Morgan fingerprint density at radius 1 is 0.914 bits per heavy atom. The molecule has 10 heteroatoms. The SMILES string of the molecule is CCCCOc1ccc(C(=O)NNC(=O)COc2cccc(NC(=O)c3ccco3)c2)cc1OC. The maximum Gasteiger partial charge on any atom is 0.291 e. The van der Waals surface area contributed by atoms with Gasteiger partial charge in [-0.05, 0) is 48.9 Å². The van der Waals surface area contributed by atoms with Crippen molar-refractivity contribution in [2.45, 2.75) is 19.8 Å². The minimum absolute atomic E-state index is 0.169. The Morgan fingerprint density at radius 3 is 2.51 bits per heavy atom. The fourth-order valence-corrected chi connectivity index (χ4v) is 2.90. The minimum atomic E-state index is -0.574. The zero-order chi connectivity index (χ0) is 25.0. The number of methoxy groups -OCH3 is 1. The summed E-state index contributed by atoms with van der Waals surface area (Å²) in [5.74, 6) is -0.0335. The second-order valence-corrected chi connectivity index (χ2v) is 7.32. The lowest BCUT2D eigenvalue weighted by Gasteiger charge is -2.13. The van der Waals surface area contributed by atoms with Gasteiger partial charge in [-0.15, -0.1) is 0 Å². The molecule has 0 unspecified atom stereocenters. The molecule has 0 fully saturated rings. The molecule has 10 nitrogen and oxygen atoms in total. The minimum Gasteiger partial charge on any atom is -0.493 e. The van der Waals surface area contributed by atoms with Crippen LogP contribution < -0.4 is 30.4 Å². The quantitative estimate of drug-likeness (QED) is 0.282. The third-order valence-electron chi connectivity index (χ3n) is 4.70. The smallest absolute Gasteiger partial charge is 0.291 e. The average Bonchev–Trinajstić information content (AvgIpc) is 3.42. The summed E-state index contributed by atoms with van der Waals surface area (Å²) in [5, 5.41) is 2.67. The lowest BCUT2D eigenvalue weighted by atomic mass is 10.2. The summed E-state index contributed by atoms with van der Waals surface area (Å²) >= 11 is 0. The van der Waals surface area contributed by atoms with E-state index >= 15 is 0 Å². The Kier molecular flexibility index (Phi) is 9.12. The van der Waals surface area contributed by atoms with E-state index in [-0.39, 0.29) is 17.9 Å². The van der Waals surface area contributed by atoms with Gasteiger partial charge in [0.15, 0.2) is 23.9 Å². The van der Waals surface area contributed by atoms with Crippen LogP contribution in [0.2, 0.25) is 0 Å². The van der Waals surface area contributed by atoms with Crippen LogP contribution in [0.3, 0.4) is 0 Å². The molecule has 3 rings (SSSR count). The first-order valence-electron chi connectivity index (χ1n) is 11.0. The lowest BCUT2D eigenvalue weighted by molar-refractivity contribution is -0.123. The molecule has 0 saturated carbocycles. The maximum atomic E-state index is 12.4. The number of benzene rings is 2. The van der Waals surface area contributed by atoms with Crippen molar-refractivity contribution in [3.05, 3.63) is 72.2 Å². The molecular formula is C25H27N3O7. The van der Waals surface area contributed by atoms with Gasteiger partial charge in [0.05, 0.1) is 20.0 Å². The zero-order valence-electron chi connectivity index (χ0n) is 19.5. The van der Waals surface area contributed by atoms with Crippen molar-refractivity contribution in [1.29, 1.82) is 0 Å². The van der Waals surface area contributed by atoms with Crippen molar-refractivity contribution in [2.75, 3.05) is 25.6 Å². The second-order valence-electron chi connectivity index (χ2n) is 7.32. The first-order valence-corrected chi connectivity index (χ1v) is 11.0. The molecule has 0 bridgehead atoms. The van der Waals surface area contributed by atoms with Gasteiger partial charge >= 0.3 is 0 Å². The highest BCUT2D eigenvalue weighted by atomic mass is 16.5. The van der Waals surface area contributed by atoms with Crippen molar-refractivity contribution < 1.29 is 33.0 Å². The molecule has 0 aliphatic heterocycles. The van der Waals surface area contributed by atoms with Crippen LogP contribution in [0.15, 0.2) is 65.3 Å². The van der Waals surface area contributed by atoms with Gasteiger partial charge in [0.2, 0.25) is 0 Å². The van der Waals surface area contributed by atoms with E-state index in [2.05, 4.69) is 23.1 Å². The monoisotopic (exact) mass is 481 g/mol. The lowest BCUT2D eigenvalue weighted by Crippen LogP contribution is -2.43. The van der Waals surface area contributed by atoms with E-state index in [0.29, 0.717) is 29.5 Å². The van der Waals surface area contributed by atoms with Crippen LogP contribution in [0.25, 0.3) is 0 Å². The molecule has 3 aromatic rings. The highest BCUT2D eigenvalue weighted by Gasteiger charge is 2.13. The molecule has 0 spiro atoms. The maximum absolute atomic E-state index is 12.4. The highest BCUT2D eigenvalue weighted by Crippen LogP contribution is 2.28. The van der Waals surface area contributed by atoms with Gasteiger partial charge in [0, 0.05) is 17.3 Å². The van der Waals surface area contributed by atoms with E-state index in [1.165, 1.54) is 19.4 Å². The molecule has 0 aliphatic rings. The third kappa shape index (κ3) is 7.53. The van der Waals surface area contributed by atoms with Crippen molar-refractivity contribution in [1.82, 2.24) is 10.9 Å². The van der Waals surface area contributed by atoms with Gasteiger partial charge in [0.1, 0.15) is 5.75 Å². The van der Waals surface area contributed by atoms with Gasteiger partial charge in [-0.3, -0.25) is 25.2 Å². The number of furan rings is 1. The Labute approximate surface area is 202 Å². The molecule has 184 valence electrons. The van der Waals surface area contributed by atoms with E-state index in [0.717, 1.165) is 12.8 Å². The Hall–Kier alpha value is -4.47. The Bertz CT molecular complexity index is 1150. The zero-order valence-corrected chi connectivity index (χ0v) is 19.5. The van der Waals surface area contributed by atoms with E-state index in [1.807, 2.05) is 0 Å². The molecule has 0 radical (unpaired) electrons. The number of carbonyl (C=O) groups is 3. The van der Waals surface area contributed by atoms with Crippen LogP contribution in [0.4, 0.5) is 5.69 Å². The van der Waals surface area contributed by atoms with Crippen LogP contribution in [0, 0.1) is 0 Å². The largest absolute Gasteiger partial charge is 0.493 e. The van der Waals surface area contributed by atoms with Crippen LogP contribution >= 0.6 is 0 Å². The molecule has 3 N–H and O–H groups in total. The summed E-state index contributed by atoms with van der Waals surface area (Å²) in [6, 6.07) is 14.4. The number of nitrogens with one attached hydrogen (secondary N) is 3. The number of rotatable bonds is 11. The van der Waals surface area contributed by atoms with Crippen molar-refractivity contribution >= 4 is 23.4 Å². The van der Waals surface area contributed by atoms with Crippen LogP contribution in [-0.2, 0) is 4.79 Å². The summed E-state index contributed by atoms with van der Waals surface area (Å²) < 4.78 is 21.4. The number of anilines is 1. The summed E-state index contributed by atoms with van der Waals surface area (Å²) in [7, 11) is 1.49. The molecule has 0 atom stereocenters. The Morgan fingerprint density at radius 2 is 1.77 bits per heavy atom. The number of ether oxygens (including phenoxy) is 3. The van der Waals surface area contributed by atoms with Gasteiger partial charge in [-0.1, -0.05) is 19.4 Å². The molecule has 35 heavy (non-hydrogen) atoms. The molecule has 2 aromatic carbocycles. The highest BCUT2D eigenvalue weighted by molar-refractivity contribution is 6.02. The van der Waals surface area contributed by atoms with Gasteiger partial charge < -0.3 is 23.9 Å². The first kappa shape index (κ1) is 25.2. The predicted octanol–water partition coefficient (Wildman–Crippen LogP) is 3.56. The molecule has 1 heterocycles. The summed E-state index contributed by atoms with van der Waals surface area (Å²) in [6.07, 6.45) is 3.31. The fraction of sp³-hybridized carbons (Fsp3) is 0.240. The number of unbranched alkanes of at least 4 members (excludes halogenated alkanes) is 1. The topological polar surface area (TPSA) is 128 Å².